The zero-order valence-corrected chi connectivity index (χ0v) is 10.8. The van der Waals surface area contributed by atoms with Crippen molar-refractivity contribution in [2.75, 3.05) is 13.1 Å². The first-order chi connectivity index (χ1) is 8.57. The Kier molecular flexibility index (Phi) is 3.87. The summed E-state index contributed by atoms with van der Waals surface area (Å²) >= 11 is 0. The van der Waals surface area contributed by atoms with Crippen molar-refractivity contribution >= 4 is 6.09 Å². The van der Waals surface area contributed by atoms with Crippen molar-refractivity contribution < 1.29 is 9.53 Å². The molecule has 98 valence electrons. The Hall–Kier alpha value is -1.55. The predicted molar refractivity (Wildman–Crippen MR) is 70.0 cm³/mol. The van der Waals surface area contributed by atoms with Gasteiger partial charge in [0.1, 0.15) is 6.61 Å². The summed E-state index contributed by atoms with van der Waals surface area (Å²) in [6.07, 6.45) is 1.62. The summed E-state index contributed by atoms with van der Waals surface area (Å²) in [4.78, 5) is 13.6. The van der Waals surface area contributed by atoms with E-state index in [0.29, 0.717) is 13.2 Å². The van der Waals surface area contributed by atoms with E-state index in [1.165, 1.54) is 0 Å². The third-order valence-corrected chi connectivity index (χ3v) is 3.19. The van der Waals surface area contributed by atoms with Gasteiger partial charge < -0.3 is 15.4 Å². The van der Waals surface area contributed by atoms with Crippen molar-refractivity contribution in [3.63, 3.8) is 0 Å². The molecule has 1 aliphatic rings. The zero-order valence-electron chi connectivity index (χ0n) is 10.8. The molecule has 0 radical (unpaired) electrons. The van der Waals surface area contributed by atoms with Gasteiger partial charge in [-0.3, -0.25) is 0 Å². The molecule has 1 saturated heterocycles. The normalized spacial score (nSPS) is 23.8. The molecule has 18 heavy (non-hydrogen) atoms. The summed E-state index contributed by atoms with van der Waals surface area (Å²) in [5, 5.41) is 0. The highest BCUT2D eigenvalue weighted by Crippen LogP contribution is 2.18. The molecule has 1 aromatic rings. The average Bonchev–Trinajstić information content (AvgIpc) is 2.36. The molecule has 1 aliphatic heterocycles. The molecule has 0 aliphatic carbocycles. The molecule has 4 heteroatoms. The number of benzene rings is 1. The van der Waals surface area contributed by atoms with E-state index in [1.54, 1.807) is 4.90 Å². The minimum absolute atomic E-state index is 0.268. The number of hydrogen-bond acceptors (Lipinski definition) is 3. The van der Waals surface area contributed by atoms with Crippen LogP contribution in [-0.4, -0.2) is 29.6 Å². The van der Waals surface area contributed by atoms with Crippen molar-refractivity contribution in [2.24, 2.45) is 5.73 Å². The predicted octanol–water partition coefficient (Wildman–Crippen LogP) is 2.14. The molecular formula is C14H20N2O2. The fraction of sp³-hybridized carbons (Fsp3) is 0.500. The van der Waals surface area contributed by atoms with Crippen LogP contribution in [0.4, 0.5) is 4.79 Å². The maximum atomic E-state index is 11.9. The number of carbonyl (C=O) groups excluding carboxylic acids is 1. The second kappa shape index (κ2) is 5.40. The van der Waals surface area contributed by atoms with Gasteiger partial charge in [0, 0.05) is 18.6 Å². The van der Waals surface area contributed by atoms with Crippen molar-refractivity contribution in [1.82, 2.24) is 4.90 Å². The lowest BCUT2D eigenvalue weighted by Gasteiger charge is -2.37. The molecule has 2 N–H and O–H groups in total. The van der Waals surface area contributed by atoms with Crippen LogP contribution in [0.1, 0.15) is 25.3 Å². The second-order valence-corrected chi connectivity index (χ2v) is 5.22. The Balaban J connectivity index is 1.85. The van der Waals surface area contributed by atoms with Crippen LogP contribution in [-0.2, 0) is 11.3 Å². The van der Waals surface area contributed by atoms with Crippen molar-refractivity contribution in [3.8, 4) is 0 Å². The Bertz CT molecular complexity index is 404. The fourth-order valence-electron chi connectivity index (χ4n) is 2.23. The van der Waals surface area contributed by atoms with Gasteiger partial charge in [-0.25, -0.2) is 4.79 Å². The van der Waals surface area contributed by atoms with Crippen LogP contribution < -0.4 is 5.73 Å². The van der Waals surface area contributed by atoms with E-state index in [0.717, 1.165) is 24.9 Å². The van der Waals surface area contributed by atoms with Gasteiger partial charge >= 0.3 is 6.09 Å². The maximum absolute atomic E-state index is 11.9. The number of carbonyl (C=O) groups is 1. The first-order valence-corrected chi connectivity index (χ1v) is 6.31. The molecule has 2 rings (SSSR count). The van der Waals surface area contributed by atoms with Crippen LogP contribution in [0.25, 0.3) is 0 Å². The van der Waals surface area contributed by atoms with Gasteiger partial charge in [-0.15, -0.1) is 0 Å². The van der Waals surface area contributed by atoms with E-state index in [4.69, 9.17) is 10.5 Å². The van der Waals surface area contributed by atoms with Crippen LogP contribution in [0.3, 0.4) is 0 Å². The molecule has 1 fully saturated rings. The monoisotopic (exact) mass is 248 g/mol. The quantitative estimate of drug-likeness (QED) is 0.872. The number of likely N-dealkylation sites (tertiary alicyclic amines) is 1. The lowest BCUT2D eigenvalue weighted by Crippen LogP contribution is -2.53. The van der Waals surface area contributed by atoms with Gasteiger partial charge in [0.2, 0.25) is 0 Å². The molecule has 1 unspecified atom stereocenters. The number of hydrogen-bond donors (Lipinski definition) is 1. The van der Waals surface area contributed by atoms with Crippen LogP contribution in [0.2, 0.25) is 0 Å². The average molecular weight is 248 g/mol. The Morgan fingerprint density at radius 1 is 1.44 bits per heavy atom. The van der Waals surface area contributed by atoms with Crippen molar-refractivity contribution in [1.29, 1.82) is 0 Å². The Morgan fingerprint density at radius 2 is 2.17 bits per heavy atom. The van der Waals surface area contributed by atoms with E-state index in [2.05, 4.69) is 0 Å². The smallest absolute Gasteiger partial charge is 0.410 e. The van der Waals surface area contributed by atoms with Gasteiger partial charge in [-0.1, -0.05) is 30.3 Å². The molecule has 0 spiro atoms. The second-order valence-electron chi connectivity index (χ2n) is 5.22. The molecule has 1 aromatic carbocycles. The summed E-state index contributed by atoms with van der Waals surface area (Å²) < 4.78 is 5.29. The van der Waals surface area contributed by atoms with E-state index in [9.17, 15) is 4.79 Å². The van der Waals surface area contributed by atoms with Crippen LogP contribution in [0, 0.1) is 0 Å². The molecule has 1 atom stereocenters. The van der Waals surface area contributed by atoms with Crippen LogP contribution in [0.15, 0.2) is 30.3 Å². The third-order valence-electron chi connectivity index (χ3n) is 3.19. The van der Waals surface area contributed by atoms with Gasteiger partial charge in [0.15, 0.2) is 0 Å². The lowest BCUT2D eigenvalue weighted by molar-refractivity contribution is 0.0759. The number of nitrogens with two attached hydrogens (primary N) is 1. The molecule has 1 amide bonds. The van der Waals surface area contributed by atoms with Gasteiger partial charge in [0.05, 0.1) is 0 Å². The first kappa shape index (κ1) is 12.9. The number of nitrogens with zero attached hydrogens (tertiary/aromatic N) is 1. The van der Waals surface area contributed by atoms with E-state index in [-0.39, 0.29) is 11.6 Å². The molecule has 0 aromatic heterocycles. The molecular weight excluding hydrogens is 228 g/mol. The lowest BCUT2D eigenvalue weighted by atomic mass is 9.93. The maximum Gasteiger partial charge on any atom is 0.410 e. The molecule has 1 heterocycles. The van der Waals surface area contributed by atoms with Crippen LogP contribution >= 0.6 is 0 Å². The van der Waals surface area contributed by atoms with Crippen molar-refractivity contribution in [2.45, 2.75) is 31.9 Å². The molecule has 0 bridgehead atoms. The summed E-state index contributed by atoms with van der Waals surface area (Å²) in [6, 6.07) is 9.69. The number of ether oxygens (including phenoxy) is 1. The highest BCUT2D eigenvalue weighted by molar-refractivity contribution is 5.68. The molecule has 0 saturated carbocycles. The number of rotatable bonds is 2. The summed E-state index contributed by atoms with van der Waals surface area (Å²) in [7, 11) is 0. The Morgan fingerprint density at radius 3 is 2.83 bits per heavy atom. The highest BCUT2D eigenvalue weighted by atomic mass is 16.6. The Labute approximate surface area is 108 Å². The largest absolute Gasteiger partial charge is 0.445 e. The van der Waals surface area contributed by atoms with E-state index < -0.39 is 0 Å². The van der Waals surface area contributed by atoms with Gasteiger partial charge in [-0.05, 0) is 25.3 Å². The number of piperidine rings is 1. The fourth-order valence-corrected chi connectivity index (χ4v) is 2.23. The minimum Gasteiger partial charge on any atom is -0.445 e. The van der Waals surface area contributed by atoms with Crippen LogP contribution in [0.5, 0.6) is 0 Å². The SMILES string of the molecule is CC1(N)CCCN(C(=O)OCc2ccccc2)C1. The zero-order chi connectivity index (χ0) is 13.0. The summed E-state index contributed by atoms with van der Waals surface area (Å²) in [5.41, 5.74) is 6.77. The first-order valence-electron chi connectivity index (χ1n) is 6.31. The summed E-state index contributed by atoms with van der Waals surface area (Å²) in [5.74, 6) is 0. The van der Waals surface area contributed by atoms with Gasteiger partial charge in [-0.2, -0.15) is 0 Å². The number of amides is 1. The van der Waals surface area contributed by atoms with Crippen molar-refractivity contribution in [3.05, 3.63) is 35.9 Å². The van der Waals surface area contributed by atoms with E-state index >= 15 is 0 Å². The third kappa shape index (κ3) is 3.47. The standard InChI is InChI=1S/C14H20N2O2/c1-14(15)8-5-9-16(11-14)13(17)18-10-12-6-3-2-4-7-12/h2-4,6-7H,5,8-11,15H2,1H3. The summed E-state index contributed by atoms with van der Waals surface area (Å²) in [6.45, 7) is 3.60. The minimum atomic E-state index is -0.288. The van der Waals surface area contributed by atoms with E-state index in [1.807, 2.05) is 37.3 Å². The topological polar surface area (TPSA) is 55.6 Å². The van der Waals surface area contributed by atoms with Gasteiger partial charge in [0.25, 0.3) is 0 Å². The molecule has 4 nitrogen and oxygen atoms in total. The highest BCUT2D eigenvalue weighted by Gasteiger charge is 2.30.